The van der Waals surface area contributed by atoms with Crippen LogP contribution in [-0.2, 0) is 28.6 Å². The molecule has 1 unspecified atom stereocenters. The lowest BCUT2D eigenvalue weighted by molar-refractivity contribution is -0.167. The van der Waals surface area contributed by atoms with E-state index in [0.29, 0.717) is 19.3 Å². The molecule has 0 aliphatic rings. The highest BCUT2D eigenvalue weighted by Gasteiger charge is 2.19. The van der Waals surface area contributed by atoms with Gasteiger partial charge in [-0.2, -0.15) is 0 Å². The van der Waals surface area contributed by atoms with Gasteiger partial charge >= 0.3 is 17.9 Å². The van der Waals surface area contributed by atoms with E-state index in [1.54, 1.807) is 0 Å². The van der Waals surface area contributed by atoms with Crippen molar-refractivity contribution in [1.29, 1.82) is 0 Å². The highest BCUT2D eigenvalue weighted by atomic mass is 16.6. The van der Waals surface area contributed by atoms with Crippen LogP contribution in [0.2, 0.25) is 0 Å². The third-order valence-corrected chi connectivity index (χ3v) is 12.3. The van der Waals surface area contributed by atoms with E-state index in [1.807, 2.05) is 0 Å². The van der Waals surface area contributed by atoms with Gasteiger partial charge in [0, 0.05) is 19.3 Å². The molecule has 350 valence electrons. The lowest BCUT2D eigenvalue weighted by Crippen LogP contribution is -2.30. The topological polar surface area (TPSA) is 78.9 Å². The zero-order valence-electron chi connectivity index (χ0n) is 40.4. The van der Waals surface area contributed by atoms with E-state index < -0.39 is 6.10 Å². The molecule has 0 spiro atoms. The zero-order valence-corrected chi connectivity index (χ0v) is 40.4. The molecule has 0 radical (unpaired) electrons. The van der Waals surface area contributed by atoms with E-state index >= 15 is 0 Å². The maximum absolute atomic E-state index is 12.8. The third-order valence-electron chi connectivity index (χ3n) is 12.3. The fourth-order valence-electron chi connectivity index (χ4n) is 7.96. The molecular formula is C53H102O6. The average Bonchev–Trinajstić information content (AvgIpc) is 3.22. The molecule has 0 rings (SSSR count). The Morgan fingerprint density at radius 2 is 0.644 bits per heavy atom. The van der Waals surface area contributed by atoms with Crippen molar-refractivity contribution in [2.75, 3.05) is 13.2 Å². The largest absolute Gasteiger partial charge is 0.462 e. The molecule has 0 N–H and O–H groups in total. The summed E-state index contributed by atoms with van der Waals surface area (Å²) in [6, 6.07) is 0. The van der Waals surface area contributed by atoms with Crippen LogP contribution in [0.15, 0.2) is 0 Å². The van der Waals surface area contributed by atoms with Crippen LogP contribution in [0, 0.1) is 11.8 Å². The molecule has 2 atom stereocenters. The molecule has 0 aliphatic carbocycles. The first-order chi connectivity index (χ1) is 28.8. The van der Waals surface area contributed by atoms with Crippen molar-refractivity contribution in [3.05, 3.63) is 0 Å². The monoisotopic (exact) mass is 835 g/mol. The second-order valence-electron chi connectivity index (χ2n) is 18.9. The predicted molar refractivity (Wildman–Crippen MR) is 252 cm³/mol. The van der Waals surface area contributed by atoms with Crippen LogP contribution in [0.1, 0.15) is 291 Å². The minimum Gasteiger partial charge on any atom is -0.462 e. The van der Waals surface area contributed by atoms with Crippen molar-refractivity contribution < 1.29 is 28.6 Å². The summed E-state index contributed by atoms with van der Waals surface area (Å²) in [4.78, 5) is 37.9. The summed E-state index contributed by atoms with van der Waals surface area (Å²) >= 11 is 0. The summed E-state index contributed by atoms with van der Waals surface area (Å²) < 4.78 is 16.8. The third kappa shape index (κ3) is 45.8. The Morgan fingerprint density at radius 1 is 0.356 bits per heavy atom. The number of hydrogen-bond acceptors (Lipinski definition) is 6. The molecule has 0 aliphatic heterocycles. The number of unbranched alkanes of at least 4 members (excludes halogenated alkanes) is 31. The van der Waals surface area contributed by atoms with Crippen LogP contribution in [0.4, 0.5) is 0 Å². The van der Waals surface area contributed by atoms with Crippen molar-refractivity contribution in [1.82, 2.24) is 0 Å². The van der Waals surface area contributed by atoms with Gasteiger partial charge in [0.05, 0.1) is 0 Å². The van der Waals surface area contributed by atoms with Crippen molar-refractivity contribution in [2.45, 2.75) is 298 Å². The molecule has 0 saturated heterocycles. The van der Waals surface area contributed by atoms with Crippen LogP contribution in [0.25, 0.3) is 0 Å². The predicted octanol–water partition coefficient (Wildman–Crippen LogP) is 16.9. The Hall–Kier alpha value is -1.59. The number of carbonyl (C=O) groups is 3. The smallest absolute Gasteiger partial charge is 0.306 e. The quantitative estimate of drug-likeness (QED) is 0.0345. The van der Waals surface area contributed by atoms with Gasteiger partial charge in [-0.15, -0.1) is 0 Å². The molecule has 6 heteroatoms. The molecule has 0 saturated carbocycles. The van der Waals surface area contributed by atoms with Gasteiger partial charge in [-0.3, -0.25) is 14.4 Å². The fraction of sp³-hybridized carbons (Fsp3) is 0.943. The van der Waals surface area contributed by atoms with Gasteiger partial charge < -0.3 is 14.2 Å². The van der Waals surface area contributed by atoms with Crippen LogP contribution in [-0.4, -0.2) is 37.2 Å². The average molecular weight is 835 g/mol. The summed E-state index contributed by atoms with van der Waals surface area (Å²) in [7, 11) is 0. The zero-order chi connectivity index (χ0) is 43.3. The Kier molecular flexibility index (Phi) is 44.7. The van der Waals surface area contributed by atoms with E-state index in [2.05, 4.69) is 34.6 Å². The van der Waals surface area contributed by atoms with Crippen molar-refractivity contribution in [2.24, 2.45) is 11.8 Å². The standard InChI is InChI=1S/C53H102O6/c1-6-8-9-10-11-12-13-14-15-16-17-18-19-20-24-27-33-38-43-51(54)57-46-50(47-58-52(55)44-39-34-30-29-31-36-41-48(3)4)59-53(56)45-40-35-28-25-22-21-23-26-32-37-42-49(5)7-2/h48-50H,6-47H2,1-5H3/t49?,50-/m0/s1. The van der Waals surface area contributed by atoms with E-state index in [4.69, 9.17) is 14.2 Å². The second-order valence-corrected chi connectivity index (χ2v) is 18.9. The summed E-state index contributed by atoms with van der Waals surface area (Å²) in [6.07, 6.45) is 46.7. The van der Waals surface area contributed by atoms with Gasteiger partial charge in [0.2, 0.25) is 0 Å². The Balaban J connectivity index is 4.25. The van der Waals surface area contributed by atoms with E-state index in [1.165, 1.54) is 180 Å². The molecule has 0 aromatic heterocycles. The summed E-state index contributed by atoms with van der Waals surface area (Å²) in [5.41, 5.74) is 0. The maximum Gasteiger partial charge on any atom is 0.306 e. The van der Waals surface area contributed by atoms with Crippen LogP contribution in [0.5, 0.6) is 0 Å². The molecule has 0 aromatic carbocycles. The van der Waals surface area contributed by atoms with E-state index in [0.717, 1.165) is 69.6 Å². The molecule has 6 nitrogen and oxygen atoms in total. The SMILES string of the molecule is CCCCCCCCCCCCCCCCCCCCC(=O)OC[C@@H](COC(=O)CCCCCCCCC(C)C)OC(=O)CCCCCCCCCCCCC(C)CC. The number of rotatable bonds is 47. The minimum absolute atomic E-state index is 0.0646. The van der Waals surface area contributed by atoms with Crippen LogP contribution >= 0.6 is 0 Å². The summed E-state index contributed by atoms with van der Waals surface area (Å²) in [5.74, 6) is 0.777. The highest BCUT2D eigenvalue weighted by Crippen LogP contribution is 2.18. The molecule has 0 fully saturated rings. The lowest BCUT2D eigenvalue weighted by atomic mass is 9.99. The second kappa shape index (κ2) is 45.9. The fourth-order valence-corrected chi connectivity index (χ4v) is 7.96. The normalized spacial score (nSPS) is 12.5. The van der Waals surface area contributed by atoms with Gasteiger partial charge in [-0.1, -0.05) is 253 Å². The first-order valence-electron chi connectivity index (χ1n) is 26.3. The Morgan fingerprint density at radius 3 is 0.966 bits per heavy atom. The van der Waals surface area contributed by atoms with Gasteiger partial charge in [0.15, 0.2) is 6.10 Å². The highest BCUT2D eigenvalue weighted by molar-refractivity contribution is 5.71. The lowest BCUT2D eigenvalue weighted by Gasteiger charge is -2.18. The molecule has 0 amide bonds. The van der Waals surface area contributed by atoms with E-state index in [-0.39, 0.29) is 31.1 Å². The first-order valence-corrected chi connectivity index (χ1v) is 26.3. The molecule has 0 heterocycles. The van der Waals surface area contributed by atoms with Gasteiger partial charge in [0.25, 0.3) is 0 Å². The van der Waals surface area contributed by atoms with E-state index in [9.17, 15) is 14.4 Å². The summed E-state index contributed by atoms with van der Waals surface area (Å²) in [6.45, 7) is 11.3. The minimum atomic E-state index is -0.762. The number of hydrogen-bond donors (Lipinski definition) is 0. The number of carbonyl (C=O) groups excluding carboxylic acids is 3. The molecule has 0 aromatic rings. The van der Waals surface area contributed by atoms with Crippen molar-refractivity contribution >= 4 is 17.9 Å². The summed E-state index contributed by atoms with van der Waals surface area (Å²) in [5, 5.41) is 0. The van der Waals surface area contributed by atoms with Gasteiger partial charge in [0.1, 0.15) is 13.2 Å². The number of esters is 3. The Bertz CT molecular complexity index is 902. The van der Waals surface area contributed by atoms with Crippen molar-refractivity contribution in [3.63, 3.8) is 0 Å². The van der Waals surface area contributed by atoms with Gasteiger partial charge in [-0.05, 0) is 31.1 Å². The van der Waals surface area contributed by atoms with Crippen molar-refractivity contribution in [3.8, 4) is 0 Å². The first kappa shape index (κ1) is 57.4. The van der Waals surface area contributed by atoms with Gasteiger partial charge in [-0.25, -0.2) is 0 Å². The van der Waals surface area contributed by atoms with Crippen LogP contribution < -0.4 is 0 Å². The number of ether oxygens (including phenoxy) is 3. The molecular weight excluding hydrogens is 733 g/mol. The molecule has 0 bridgehead atoms. The van der Waals surface area contributed by atoms with Crippen LogP contribution in [0.3, 0.4) is 0 Å². The maximum atomic E-state index is 12.8. The molecule has 59 heavy (non-hydrogen) atoms. The Labute approximate surface area is 368 Å².